The lowest BCUT2D eigenvalue weighted by Gasteiger charge is -2.24. The van der Waals surface area contributed by atoms with Gasteiger partial charge in [-0.2, -0.15) is 0 Å². The average Bonchev–Trinajstić information content (AvgIpc) is 2.29. The summed E-state index contributed by atoms with van der Waals surface area (Å²) in [5, 5.41) is 0.403. The fourth-order valence-electron chi connectivity index (χ4n) is 1.22. The Morgan fingerprint density at radius 1 is 1.59 bits per heavy atom. The van der Waals surface area contributed by atoms with Crippen LogP contribution in [0.2, 0.25) is 5.02 Å². The van der Waals surface area contributed by atoms with E-state index in [0.717, 1.165) is 4.47 Å². The van der Waals surface area contributed by atoms with Crippen LogP contribution in [0.25, 0.3) is 0 Å². The number of amides is 1. The molecule has 1 aromatic carbocycles. The number of nitrogens with two attached hydrogens (primary N) is 1. The molecule has 2 N–H and O–H groups in total. The molecule has 1 amide bonds. The fraction of sp³-hybridized carbons (Fsp3) is 0.273. The van der Waals surface area contributed by atoms with Gasteiger partial charge < -0.3 is 10.6 Å². The molecule has 1 unspecified atom stereocenters. The van der Waals surface area contributed by atoms with Gasteiger partial charge in [-0.1, -0.05) is 39.7 Å². The third-order valence-corrected chi connectivity index (χ3v) is 3.64. The van der Waals surface area contributed by atoms with E-state index in [2.05, 4.69) is 15.9 Å². The molecule has 1 atom stereocenters. The molecule has 0 heterocycles. The van der Waals surface area contributed by atoms with Crippen LogP contribution in [0.15, 0.2) is 22.7 Å². The zero-order valence-electron chi connectivity index (χ0n) is 9.41. The summed E-state index contributed by atoms with van der Waals surface area (Å²) in [5.74, 6) is -0.211. The zero-order chi connectivity index (χ0) is 13.2. The molecule has 17 heavy (non-hydrogen) atoms. The highest BCUT2D eigenvalue weighted by atomic mass is 79.9. The van der Waals surface area contributed by atoms with Crippen molar-refractivity contribution < 1.29 is 4.79 Å². The monoisotopic (exact) mass is 334 g/mol. The van der Waals surface area contributed by atoms with Gasteiger partial charge in [-0.05, 0) is 25.1 Å². The van der Waals surface area contributed by atoms with E-state index < -0.39 is 0 Å². The Morgan fingerprint density at radius 2 is 2.18 bits per heavy atom. The molecular formula is C11H12BrClN2OS. The van der Waals surface area contributed by atoms with Crippen LogP contribution in [0.5, 0.6) is 0 Å². The molecule has 0 radical (unpaired) electrons. The molecular weight excluding hydrogens is 324 g/mol. The summed E-state index contributed by atoms with van der Waals surface area (Å²) in [5.41, 5.74) is 5.94. The second-order valence-corrected chi connectivity index (χ2v) is 5.41. The van der Waals surface area contributed by atoms with Crippen molar-refractivity contribution in [1.82, 2.24) is 4.90 Å². The summed E-state index contributed by atoms with van der Waals surface area (Å²) in [7, 11) is 1.64. The summed E-state index contributed by atoms with van der Waals surface area (Å²) >= 11 is 14.2. The highest BCUT2D eigenvalue weighted by Gasteiger charge is 2.21. The van der Waals surface area contributed by atoms with Crippen molar-refractivity contribution in [3.8, 4) is 0 Å². The van der Waals surface area contributed by atoms with Crippen LogP contribution in [-0.2, 0) is 0 Å². The van der Waals surface area contributed by atoms with Crippen LogP contribution >= 0.6 is 39.7 Å². The van der Waals surface area contributed by atoms with Crippen LogP contribution in [0.1, 0.15) is 17.3 Å². The standard InChI is InChI=1S/C11H12BrClN2OS/c1-6(10(14)17)15(2)11(16)8-5-7(12)3-4-9(8)13/h3-6H,1-2H3,(H2,14,17). The van der Waals surface area contributed by atoms with Crippen LogP contribution in [0, 0.1) is 0 Å². The topological polar surface area (TPSA) is 46.3 Å². The lowest BCUT2D eigenvalue weighted by Crippen LogP contribution is -2.42. The Balaban J connectivity index is 3.04. The van der Waals surface area contributed by atoms with E-state index in [1.54, 1.807) is 32.2 Å². The molecule has 0 aliphatic carbocycles. The number of thiocarbonyl (C=S) groups is 1. The minimum absolute atomic E-state index is 0.211. The van der Waals surface area contributed by atoms with Crippen molar-refractivity contribution in [2.24, 2.45) is 5.73 Å². The van der Waals surface area contributed by atoms with Crippen molar-refractivity contribution in [1.29, 1.82) is 0 Å². The summed E-state index contributed by atoms with van der Waals surface area (Å²) in [6.07, 6.45) is 0. The molecule has 1 rings (SSSR count). The molecule has 6 heteroatoms. The molecule has 0 saturated heterocycles. The van der Waals surface area contributed by atoms with E-state index in [1.165, 1.54) is 4.90 Å². The minimum Gasteiger partial charge on any atom is -0.392 e. The third kappa shape index (κ3) is 3.40. The number of benzene rings is 1. The smallest absolute Gasteiger partial charge is 0.255 e. The first-order valence-corrected chi connectivity index (χ1v) is 6.44. The van der Waals surface area contributed by atoms with Crippen LogP contribution < -0.4 is 5.73 Å². The molecule has 0 fully saturated rings. The van der Waals surface area contributed by atoms with E-state index in [1.807, 2.05) is 0 Å². The predicted molar refractivity (Wildman–Crippen MR) is 77.5 cm³/mol. The van der Waals surface area contributed by atoms with E-state index in [4.69, 9.17) is 29.6 Å². The van der Waals surface area contributed by atoms with E-state index in [0.29, 0.717) is 10.6 Å². The minimum atomic E-state index is -0.312. The number of carbonyl (C=O) groups excluding carboxylic acids is 1. The second-order valence-electron chi connectivity index (χ2n) is 3.62. The largest absolute Gasteiger partial charge is 0.392 e. The molecule has 0 saturated carbocycles. The lowest BCUT2D eigenvalue weighted by atomic mass is 10.1. The molecule has 0 aliphatic heterocycles. The summed E-state index contributed by atoms with van der Waals surface area (Å²) in [6, 6.07) is 4.80. The maximum Gasteiger partial charge on any atom is 0.255 e. The van der Waals surface area contributed by atoms with Crippen LogP contribution in [0.3, 0.4) is 0 Å². The number of rotatable bonds is 3. The van der Waals surface area contributed by atoms with Crippen LogP contribution in [-0.4, -0.2) is 28.9 Å². The zero-order valence-corrected chi connectivity index (χ0v) is 12.6. The van der Waals surface area contributed by atoms with Gasteiger partial charge in [0.05, 0.1) is 21.6 Å². The van der Waals surface area contributed by atoms with Gasteiger partial charge in [-0.15, -0.1) is 0 Å². The Hall–Kier alpha value is -0.650. The summed E-state index contributed by atoms with van der Waals surface area (Å²) in [4.78, 5) is 13.9. The first-order chi connectivity index (χ1) is 7.84. The van der Waals surface area contributed by atoms with Gasteiger partial charge in [-0.3, -0.25) is 4.79 Å². The van der Waals surface area contributed by atoms with Crippen molar-refractivity contribution >= 4 is 50.6 Å². The molecule has 0 bridgehead atoms. The first-order valence-electron chi connectivity index (χ1n) is 4.86. The lowest BCUT2D eigenvalue weighted by molar-refractivity contribution is 0.0779. The SMILES string of the molecule is CC(C(N)=S)N(C)C(=O)c1cc(Br)ccc1Cl. The average molecular weight is 336 g/mol. The Kier molecular flexibility index (Phi) is 4.91. The first kappa shape index (κ1) is 14.4. The van der Waals surface area contributed by atoms with E-state index in [9.17, 15) is 4.79 Å². The third-order valence-electron chi connectivity index (χ3n) is 2.47. The number of likely N-dealkylation sites (N-methyl/N-ethyl adjacent to an activating group) is 1. The molecule has 3 nitrogen and oxygen atoms in total. The number of hydrogen-bond donors (Lipinski definition) is 1. The van der Waals surface area contributed by atoms with Gasteiger partial charge in [0.15, 0.2) is 0 Å². The highest BCUT2D eigenvalue weighted by Crippen LogP contribution is 2.22. The normalized spacial score (nSPS) is 12.0. The van der Waals surface area contributed by atoms with Gasteiger partial charge >= 0.3 is 0 Å². The number of nitrogens with zero attached hydrogens (tertiary/aromatic N) is 1. The van der Waals surface area contributed by atoms with Crippen molar-refractivity contribution in [3.05, 3.63) is 33.3 Å². The van der Waals surface area contributed by atoms with Gasteiger partial charge in [0.1, 0.15) is 0 Å². The number of hydrogen-bond acceptors (Lipinski definition) is 2. The quantitative estimate of drug-likeness (QED) is 0.864. The second kappa shape index (κ2) is 5.80. The molecule has 0 aliphatic rings. The Labute approximate surface area is 119 Å². The van der Waals surface area contributed by atoms with Crippen molar-refractivity contribution in [3.63, 3.8) is 0 Å². The van der Waals surface area contributed by atoms with Crippen molar-refractivity contribution in [2.75, 3.05) is 7.05 Å². The highest BCUT2D eigenvalue weighted by molar-refractivity contribution is 9.10. The van der Waals surface area contributed by atoms with Gasteiger partial charge in [0.2, 0.25) is 0 Å². The van der Waals surface area contributed by atoms with Gasteiger partial charge in [0.25, 0.3) is 5.91 Å². The van der Waals surface area contributed by atoms with E-state index in [-0.39, 0.29) is 16.9 Å². The van der Waals surface area contributed by atoms with Crippen molar-refractivity contribution in [2.45, 2.75) is 13.0 Å². The van der Waals surface area contributed by atoms with Gasteiger partial charge in [-0.25, -0.2) is 0 Å². The van der Waals surface area contributed by atoms with E-state index >= 15 is 0 Å². The molecule has 0 aromatic heterocycles. The summed E-state index contributed by atoms with van der Waals surface area (Å²) in [6.45, 7) is 1.77. The molecule has 92 valence electrons. The number of carbonyl (C=O) groups is 1. The molecule has 0 spiro atoms. The Bertz CT molecular complexity index is 467. The predicted octanol–water partition coefficient (Wildman–Crippen LogP) is 2.85. The maximum atomic E-state index is 12.2. The summed E-state index contributed by atoms with van der Waals surface area (Å²) < 4.78 is 0.793. The number of halogens is 2. The Morgan fingerprint density at radius 3 is 2.71 bits per heavy atom. The van der Waals surface area contributed by atoms with Crippen LogP contribution in [0.4, 0.5) is 0 Å². The fourth-order valence-corrected chi connectivity index (χ4v) is 1.94. The maximum absolute atomic E-state index is 12.2. The van der Waals surface area contributed by atoms with Gasteiger partial charge in [0, 0.05) is 11.5 Å². The molecule has 1 aromatic rings.